The average Bonchev–Trinajstić information content (AvgIpc) is 2.32. The second-order valence-corrected chi connectivity index (χ2v) is 6.43. The van der Waals surface area contributed by atoms with Crippen LogP contribution in [0.1, 0.15) is 32.5 Å². The molecule has 0 radical (unpaired) electrons. The first-order valence-corrected chi connectivity index (χ1v) is 7.17. The van der Waals surface area contributed by atoms with Crippen LogP contribution in [-0.4, -0.2) is 41.3 Å². The molecule has 0 spiro atoms. The van der Waals surface area contributed by atoms with Crippen LogP contribution in [0.2, 0.25) is 0 Å². The van der Waals surface area contributed by atoms with E-state index in [-0.39, 0.29) is 11.5 Å². The highest BCUT2D eigenvalue weighted by molar-refractivity contribution is 9.10. The van der Waals surface area contributed by atoms with Gasteiger partial charge in [0, 0.05) is 13.7 Å². The minimum atomic E-state index is -0.969. The maximum absolute atomic E-state index is 11.6. The molecule has 0 aliphatic rings. The molecule has 1 heterocycles. The first kappa shape index (κ1) is 16.9. The molecular formula is C14H21BrN2O3. The van der Waals surface area contributed by atoms with Crippen molar-refractivity contribution in [1.82, 2.24) is 9.88 Å². The Labute approximate surface area is 128 Å². The number of nitrogens with zero attached hydrogens (tertiary/aromatic N) is 2. The third-order valence-corrected chi connectivity index (χ3v) is 3.37. The van der Waals surface area contributed by atoms with E-state index in [4.69, 9.17) is 4.74 Å². The predicted octanol–water partition coefficient (Wildman–Crippen LogP) is 3.56. The molecule has 1 unspecified atom stereocenters. The van der Waals surface area contributed by atoms with Gasteiger partial charge in [-0.05, 0) is 33.5 Å². The van der Waals surface area contributed by atoms with Crippen LogP contribution in [0.4, 0.5) is 4.79 Å². The topological polar surface area (TPSA) is 62.7 Å². The van der Waals surface area contributed by atoms with Gasteiger partial charge in [0.2, 0.25) is 0 Å². The summed E-state index contributed by atoms with van der Waals surface area (Å²) in [5, 5.41) is 9.50. The number of amides is 1. The van der Waals surface area contributed by atoms with Gasteiger partial charge in [-0.15, -0.1) is 0 Å². The lowest BCUT2D eigenvalue weighted by Gasteiger charge is -2.38. The van der Waals surface area contributed by atoms with Gasteiger partial charge in [0.05, 0.1) is 18.3 Å². The number of rotatable bonds is 5. The molecule has 1 atom stereocenters. The highest BCUT2D eigenvalue weighted by Crippen LogP contribution is 2.37. The smallest absolute Gasteiger partial charge is 0.407 e. The van der Waals surface area contributed by atoms with Gasteiger partial charge in [-0.2, -0.15) is 0 Å². The fraction of sp³-hybridized carbons (Fsp3) is 0.571. The van der Waals surface area contributed by atoms with Crippen LogP contribution in [0, 0.1) is 5.41 Å². The minimum absolute atomic E-state index is 0.278. The number of ether oxygens (including phenoxy) is 1. The van der Waals surface area contributed by atoms with Crippen molar-refractivity contribution in [2.75, 3.05) is 20.3 Å². The molecule has 1 amide bonds. The Balaban J connectivity index is 3.20. The fourth-order valence-electron chi connectivity index (χ4n) is 2.17. The second kappa shape index (κ2) is 7.04. The summed E-state index contributed by atoms with van der Waals surface area (Å²) in [6.45, 7) is 6.67. The van der Waals surface area contributed by atoms with E-state index < -0.39 is 6.09 Å². The summed E-state index contributed by atoms with van der Waals surface area (Å²) in [4.78, 5) is 17.4. The van der Waals surface area contributed by atoms with Gasteiger partial charge in [-0.3, -0.25) is 4.90 Å². The lowest BCUT2D eigenvalue weighted by molar-refractivity contribution is 0.0596. The van der Waals surface area contributed by atoms with Gasteiger partial charge in [-0.25, -0.2) is 9.78 Å². The number of aromatic nitrogens is 1. The van der Waals surface area contributed by atoms with Crippen molar-refractivity contribution < 1.29 is 14.6 Å². The van der Waals surface area contributed by atoms with Crippen LogP contribution >= 0.6 is 15.9 Å². The number of carbonyl (C=O) groups is 1. The zero-order chi connectivity index (χ0) is 15.3. The summed E-state index contributed by atoms with van der Waals surface area (Å²) < 4.78 is 5.71. The molecule has 6 heteroatoms. The third kappa shape index (κ3) is 4.45. The number of hydrogen-bond acceptors (Lipinski definition) is 3. The number of pyridine rings is 1. The van der Waals surface area contributed by atoms with Crippen molar-refractivity contribution in [2.24, 2.45) is 5.41 Å². The second-order valence-electron chi connectivity index (χ2n) is 5.62. The van der Waals surface area contributed by atoms with E-state index in [0.29, 0.717) is 17.8 Å². The van der Waals surface area contributed by atoms with Gasteiger partial charge in [0.25, 0.3) is 0 Å². The summed E-state index contributed by atoms with van der Waals surface area (Å²) in [6.07, 6.45) is -0.969. The zero-order valence-corrected chi connectivity index (χ0v) is 13.8. The van der Waals surface area contributed by atoms with Crippen molar-refractivity contribution >= 4 is 22.0 Å². The molecule has 5 nitrogen and oxygen atoms in total. The quantitative estimate of drug-likeness (QED) is 0.829. The largest absolute Gasteiger partial charge is 0.465 e. The summed E-state index contributed by atoms with van der Waals surface area (Å²) in [7, 11) is 1.56. The lowest BCUT2D eigenvalue weighted by Crippen LogP contribution is -2.42. The predicted molar refractivity (Wildman–Crippen MR) is 80.7 cm³/mol. The van der Waals surface area contributed by atoms with E-state index in [1.54, 1.807) is 7.11 Å². The molecule has 0 aromatic carbocycles. The van der Waals surface area contributed by atoms with Crippen LogP contribution < -0.4 is 0 Å². The Morgan fingerprint density at radius 1 is 1.50 bits per heavy atom. The Morgan fingerprint density at radius 2 is 2.15 bits per heavy atom. The molecule has 0 saturated heterocycles. The van der Waals surface area contributed by atoms with Crippen molar-refractivity contribution in [2.45, 2.75) is 26.8 Å². The van der Waals surface area contributed by atoms with E-state index in [1.807, 2.05) is 39.0 Å². The molecule has 112 valence electrons. The molecule has 1 N–H and O–H groups in total. The highest BCUT2D eigenvalue weighted by Gasteiger charge is 2.35. The molecule has 1 aromatic rings. The van der Waals surface area contributed by atoms with Crippen LogP contribution in [0.5, 0.6) is 0 Å². The summed E-state index contributed by atoms with van der Waals surface area (Å²) in [5.41, 5.74) is 0.449. The van der Waals surface area contributed by atoms with Crippen molar-refractivity contribution in [3.05, 3.63) is 28.5 Å². The van der Waals surface area contributed by atoms with Gasteiger partial charge < -0.3 is 9.84 Å². The molecule has 0 aliphatic heterocycles. The van der Waals surface area contributed by atoms with Crippen molar-refractivity contribution in [3.63, 3.8) is 0 Å². The van der Waals surface area contributed by atoms with Crippen molar-refractivity contribution in [1.29, 1.82) is 0 Å². The Hall–Kier alpha value is -1.14. The van der Waals surface area contributed by atoms with E-state index in [2.05, 4.69) is 20.9 Å². The van der Waals surface area contributed by atoms with Crippen LogP contribution in [0.3, 0.4) is 0 Å². The van der Waals surface area contributed by atoms with Gasteiger partial charge in [0.15, 0.2) is 0 Å². The fourth-order valence-corrected chi connectivity index (χ4v) is 2.53. The molecule has 20 heavy (non-hydrogen) atoms. The van der Waals surface area contributed by atoms with Gasteiger partial charge in [0.1, 0.15) is 4.60 Å². The van der Waals surface area contributed by atoms with Gasteiger partial charge in [-0.1, -0.05) is 26.8 Å². The molecule has 1 aromatic heterocycles. The summed E-state index contributed by atoms with van der Waals surface area (Å²) in [5.74, 6) is 0. The first-order chi connectivity index (χ1) is 9.27. The monoisotopic (exact) mass is 344 g/mol. The maximum Gasteiger partial charge on any atom is 0.407 e. The van der Waals surface area contributed by atoms with Crippen LogP contribution in [0.25, 0.3) is 0 Å². The van der Waals surface area contributed by atoms with Gasteiger partial charge >= 0.3 is 6.09 Å². The minimum Gasteiger partial charge on any atom is -0.465 e. The third-order valence-electron chi connectivity index (χ3n) is 2.93. The molecular weight excluding hydrogens is 324 g/mol. The molecule has 0 fully saturated rings. The number of halogens is 1. The lowest BCUT2D eigenvalue weighted by atomic mass is 9.83. The van der Waals surface area contributed by atoms with Crippen LogP contribution in [0.15, 0.2) is 22.8 Å². The zero-order valence-electron chi connectivity index (χ0n) is 12.3. The summed E-state index contributed by atoms with van der Waals surface area (Å²) in [6, 6.07) is 5.20. The van der Waals surface area contributed by atoms with E-state index in [1.165, 1.54) is 4.90 Å². The summed E-state index contributed by atoms with van der Waals surface area (Å²) >= 11 is 3.33. The molecule has 0 bridgehead atoms. The molecule has 0 aliphatic carbocycles. The standard InChI is InChI=1S/C14H21BrN2O3/c1-14(2,3)12(10-6-5-7-11(15)16-10)17(13(18)19)8-9-20-4/h5-7,12H,8-9H2,1-4H3,(H,18,19). The molecule has 1 rings (SSSR count). The van der Waals surface area contributed by atoms with Crippen LogP contribution in [-0.2, 0) is 4.74 Å². The van der Waals surface area contributed by atoms with Crippen molar-refractivity contribution in [3.8, 4) is 0 Å². The first-order valence-electron chi connectivity index (χ1n) is 6.38. The Kier molecular flexibility index (Phi) is 5.95. The maximum atomic E-state index is 11.6. The van der Waals surface area contributed by atoms with E-state index in [0.717, 1.165) is 5.69 Å². The highest BCUT2D eigenvalue weighted by atomic mass is 79.9. The average molecular weight is 345 g/mol. The number of hydrogen-bond donors (Lipinski definition) is 1. The van der Waals surface area contributed by atoms with E-state index >= 15 is 0 Å². The number of carboxylic acid groups (broad SMARTS) is 1. The SMILES string of the molecule is COCCN(C(=O)O)C(c1cccc(Br)n1)C(C)(C)C. The Bertz CT molecular complexity index is 460. The number of methoxy groups -OCH3 is 1. The molecule has 0 saturated carbocycles. The Morgan fingerprint density at radius 3 is 2.60 bits per heavy atom. The van der Waals surface area contributed by atoms with E-state index in [9.17, 15) is 9.90 Å². The normalized spacial score (nSPS) is 13.1.